The quantitative estimate of drug-likeness (QED) is 0.670. The van der Waals surface area contributed by atoms with Crippen LogP contribution < -0.4 is 0 Å². The van der Waals surface area contributed by atoms with Gasteiger partial charge in [-0.1, -0.05) is 44.2 Å². The Kier molecular flexibility index (Phi) is 4.17. The van der Waals surface area contributed by atoms with Gasteiger partial charge in [-0.05, 0) is 11.5 Å². The summed E-state index contributed by atoms with van der Waals surface area (Å²) >= 11 is 0. The van der Waals surface area contributed by atoms with Crippen molar-refractivity contribution in [3.8, 4) is 0 Å². The molecule has 0 aliphatic heterocycles. The second-order valence-electron chi connectivity index (χ2n) is 3.70. The molecule has 2 nitrogen and oxygen atoms in total. The molecule has 0 saturated carbocycles. The van der Waals surface area contributed by atoms with Crippen molar-refractivity contribution in [2.45, 2.75) is 26.4 Å². The maximum Gasteiger partial charge on any atom is 0.293 e. The van der Waals surface area contributed by atoms with Crippen LogP contribution in [0.25, 0.3) is 0 Å². The zero-order chi connectivity index (χ0) is 10.4. The molecule has 76 valence electrons. The molecule has 1 unspecified atom stereocenters. The Morgan fingerprint density at radius 2 is 1.93 bits per heavy atom. The molecular formula is C12H16O2. The molecule has 0 aromatic heterocycles. The fraction of sp³-hybridized carbons (Fsp3) is 0.417. The highest BCUT2D eigenvalue weighted by Gasteiger charge is 2.14. The summed E-state index contributed by atoms with van der Waals surface area (Å²) in [5.41, 5.74) is 1.20. The van der Waals surface area contributed by atoms with Gasteiger partial charge in [0.15, 0.2) is 0 Å². The van der Waals surface area contributed by atoms with Gasteiger partial charge in [0.1, 0.15) is 6.10 Å². The Morgan fingerprint density at radius 3 is 2.43 bits per heavy atom. The molecule has 0 saturated heterocycles. The summed E-state index contributed by atoms with van der Waals surface area (Å²) in [5.74, 6) is 0.348. The fourth-order valence-electron chi connectivity index (χ4n) is 1.36. The molecule has 1 aromatic carbocycles. The second-order valence-corrected chi connectivity index (χ2v) is 3.70. The van der Waals surface area contributed by atoms with Crippen molar-refractivity contribution in [2.24, 2.45) is 5.92 Å². The van der Waals surface area contributed by atoms with Crippen molar-refractivity contribution in [1.82, 2.24) is 0 Å². The van der Waals surface area contributed by atoms with Crippen LogP contribution in [-0.4, -0.2) is 12.6 Å². The van der Waals surface area contributed by atoms with E-state index in [1.165, 1.54) is 5.56 Å². The summed E-state index contributed by atoms with van der Waals surface area (Å²) in [6.07, 6.45) is 0.770. The molecule has 1 atom stereocenters. The van der Waals surface area contributed by atoms with Crippen LogP contribution in [0, 0.1) is 5.92 Å². The zero-order valence-corrected chi connectivity index (χ0v) is 8.64. The molecule has 0 N–H and O–H groups in total. The Balaban J connectivity index is 2.60. The van der Waals surface area contributed by atoms with Gasteiger partial charge in [-0.25, -0.2) is 0 Å². The SMILES string of the molecule is CC(C)C(Cc1ccccc1)OC=O. The summed E-state index contributed by atoms with van der Waals surface area (Å²) in [6.45, 7) is 4.64. The van der Waals surface area contributed by atoms with E-state index in [2.05, 4.69) is 13.8 Å². The number of hydrogen-bond donors (Lipinski definition) is 0. The van der Waals surface area contributed by atoms with Crippen molar-refractivity contribution < 1.29 is 9.53 Å². The molecule has 0 radical (unpaired) electrons. The molecule has 1 aromatic rings. The lowest BCUT2D eigenvalue weighted by Crippen LogP contribution is -2.21. The predicted molar refractivity (Wildman–Crippen MR) is 55.9 cm³/mol. The number of hydrogen-bond acceptors (Lipinski definition) is 2. The van der Waals surface area contributed by atoms with Crippen molar-refractivity contribution in [1.29, 1.82) is 0 Å². The van der Waals surface area contributed by atoms with Gasteiger partial charge in [-0.2, -0.15) is 0 Å². The predicted octanol–water partition coefficient (Wildman–Crippen LogP) is 2.43. The Bertz CT molecular complexity index is 267. The third kappa shape index (κ3) is 3.21. The minimum absolute atomic E-state index is 0.0186. The fourth-order valence-corrected chi connectivity index (χ4v) is 1.36. The van der Waals surface area contributed by atoms with Gasteiger partial charge in [0, 0.05) is 6.42 Å². The molecule has 14 heavy (non-hydrogen) atoms. The average Bonchev–Trinajstić information content (AvgIpc) is 2.18. The van der Waals surface area contributed by atoms with Gasteiger partial charge in [0.2, 0.25) is 0 Å². The van der Waals surface area contributed by atoms with Gasteiger partial charge < -0.3 is 4.74 Å². The normalized spacial score (nSPS) is 12.5. The van der Waals surface area contributed by atoms with Crippen LogP contribution in [0.5, 0.6) is 0 Å². The maximum absolute atomic E-state index is 10.3. The Labute approximate surface area is 84.9 Å². The van der Waals surface area contributed by atoms with Crippen molar-refractivity contribution in [3.63, 3.8) is 0 Å². The Morgan fingerprint density at radius 1 is 1.29 bits per heavy atom. The molecule has 0 aliphatic carbocycles. The first-order valence-corrected chi connectivity index (χ1v) is 4.87. The van der Waals surface area contributed by atoms with Gasteiger partial charge in [-0.3, -0.25) is 4.79 Å². The average molecular weight is 192 g/mol. The van der Waals surface area contributed by atoms with Crippen LogP contribution in [0.1, 0.15) is 19.4 Å². The van der Waals surface area contributed by atoms with E-state index in [-0.39, 0.29) is 6.10 Å². The summed E-state index contributed by atoms with van der Waals surface area (Å²) in [6, 6.07) is 10.1. The third-order valence-electron chi connectivity index (χ3n) is 2.25. The van der Waals surface area contributed by atoms with Gasteiger partial charge in [0.25, 0.3) is 6.47 Å². The monoisotopic (exact) mass is 192 g/mol. The van der Waals surface area contributed by atoms with Crippen LogP contribution in [0.15, 0.2) is 30.3 Å². The van der Waals surface area contributed by atoms with E-state index < -0.39 is 0 Å². The van der Waals surface area contributed by atoms with Gasteiger partial charge in [-0.15, -0.1) is 0 Å². The lowest BCUT2D eigenvalue weighted by Gasteiger charge is -2.18. The third-order valence-corrected chi connectivity index (χ3v) is 2.25. The van der Waals surface area contributed by atoms with E-state index in [0.29, 0.717) is 12.4 Å². The van der Waals surface area contributed by atoms with Crippen molar-refractivity contribution in [2.75, 3.05) is 0 Å². The van der Waals surface area contributed by atoms with E-state index in [4.69, 9.17) is 4.74 Å². The van der Waals surface area contributed by atoms with E-state index in [1.807, 2.05) is 30.3 Å². The molecule has 2 heteroatoms. The standard InChI is InChI=1S/C12H16O2/c1-10(2)12(14-9-13)8-11-6-4-3-5-7-11/h3-7,9-10,12H,8H2,1-2H3. The Hall–Kier alpha value is -1.31. The lowest BCUT2D eigenvalue weighted by atomic mass is 9.99. The number of carbonyl (C=O) groups is 1. The lowest BCUT2D eigenvalue weighted by molar-refractivity contribution is -0.135. The number of carbonyl (C=O) groups excluding carboxylic acids is 1. The van der Waals surface area contributed by atoms with E-state index >= 15 is 0 Å². The minimum atomic E-state index is -0.0186. The number of benzene rings is 1. The highest BCUT2D eigenvalue weighted by Crippen LogP contribution is 2.12. The van der Waals surface area contributed by atoms with E-state index in [1.54, 1.807) is 0 Å². The van der Waals surface area contributed by atoms with Gasteiger partial charge in [0.05, 0.1) is 0 Å². The second kappa shape index (κ2) is 5.43. The minimum Gasteiger partial charge on any atom is -0.464 e. The summed E-state index contributed by atoms with van der Waals surface area (Å²) in [7, 11) is 0. The number of rotatable bonds is 5. The van der Waals surface area contributed by atoms with Crippen LogP contribution in [0.2, 0.25) is 0 Å². The highest BCUT2D eigenvalue weighted by molar-refractivity contribution is 5.37. The summed E-state index contributed by atoms with van der Waals surface area (Å²) < 4.78 is 5.03. The van der Waals surface area contributed by atoms with Gasteiger partial charge >= 0.3 is 0 Å². The van der Waals surface area contributed by atoms with Crippen LogP contribution >= 0.6 is 0 Å². The maximum atomic E-state index is 10.3. The van der Waals surface area contributed by atoms with Crippen molar-refractivity contribution >= 4 is 6.47 Å². The van der Waals surface area contributed by atoms with E-state index in [9.17, 15) is 4.79 Å². The molecule has 0 heterocycles. The molecule has 0 amide bonds. The summed E-state index contributed by atoms with van der Waals surface area (Å²) in [4.78, 5) is 10.3. The smallest absolute Gasteiger partial charge is 0.293 e. The molecule has 0 spiro atoms. The first-order chi connectivity index (χ1) is 6.74. The zero-order valence-electron chi connectivity index (χ0n) is 8.64. The molecule has 0 bridgehead atoms. The molecular weight excluding hydrogens is 176 g/mol. The highest BCUT2D eigenvalue weighted by atomic mass is 16.5. The largest absolute Gasteiger partial charge is 0.464 e. The molecule has 0 aliphatic rings. The number of ether oxygens (including phenoxy) is 1. The van der Waals surface area contributed by atoms with Crippen LogP contribution in [0.4, 0.5) is 0 Å². The van der Waals surface area contributed by atoms with Crippen molar-refractivity contribution in [3.05, 3.63) is 35.9 Å². The first-order valence-electron chi connectivity index (χ1n) is 4.87. The topological polar surface area (TPSA) is 26.3 Å². The van der Waals surface area contributed by atoms with Crippen LogP contribution in [-0.2, 0) is 16.0 Å². The van der Waals surface area contributed by atoms with E-state index in [0.717, 1.165) is 6.42 Å². The molecule has 1 rings (SSSR count). The molecule has 0 fully saturated rings. The first kappa shape index (κ1) is 10.8. The van der Waals surface area contributed by atoms with Crippen LogP contribution in [0.3, 0.4) is 0 Å². The summed E-state index contributed by atoms with van der Waals surface area (Å²) in [5, 5.41) is 0.